The van der Waals surface area contributed by atoms with E-state index in [0.29, 0.717) is 25.6 Å². The van der Waals surface area contributed by atoms with Gasteiger partial charge >= 0.3 is 0 Å². The quantitative estimate of drug-likeness (QED) is 0.841. The van der Waals surface area contributed by atoms with Crippen molar-refractivity contribution in [1.29, 1.82) is 0 Å². The van der Waals surface area contributed by atoms with E-state index in [0.717, 1.165) is 24.3 Å². The molecule has 0 atom stereocenters. The van der Waals surface area contributed by atoms with Crippen molar-refractivity contribution in [2.24, 2.45) is 0 Å². The Morgan fingerprint density at radius 3 is 2.43 bits per heavy atom. The molecule has 1 fully saturated rings. The van der Waals surface area contributed by atoms with Crippen LogP contribution in [0.5, 0.6) is 5.75 Å². The topological polar surface area (TPSA) is 58.6 Å². The molecule has 1 aliphatic rings. The summed E-state index contributed by atoms with van der Waals surface area (Å²) in [5, 5.41) is 3.05. The summed E-state index contributed by atoms with van der Waals surface area (Å²) in [6, 6.07) is 7.70. The van der Waals surface area contributed by atoms with Crippen LogP contribution in [0.2, 0.25) is 0 Å². The van der Waals surface area contributed by atoms with Gasteiger partial charge in [-0.1, -0.05) is 12.8 Å². The van der Waals surface area contributed by atoms with E-state index in [1.807, 2.05) is 31.2 Å². The first-order valence-electron chi connectivity index (χ1n) is 8.40. The zero-order chi connectivity index (χ0) is 16.7. The number of carbonyl (C=O) groups is 2. The second-order valence-electron chi connectivity index (χ2n) is 5.90. The van der Waals surface area contributed by atoms with E-state index in [1.165, 1.54) is 19.8 Å². The van der Waals surface area contributed by atoms with Gasteiger partial charge in [-0.05, 0) is 44.0 Å². The van der Waals surface area contributed by atoms with Crippen LogP contribution in [0.4, 0.5) is 5.69 Å². The Kier molecular flexibility index (Phi) is 6.44. The number of ether oxygens (including phenoxy) is 1. The molecule has 5 nitrogen and oxygen atoms in total. The minimum atomic E-state index is -0.0668. The van der Waals surface area contributed by atoms with Gasteiger partial charge in [-0.2, -0.15) is 0 Å². The Balaban J connectivity index is 1.90. The van der Waals surface area contributed by atoms with Gasteiger partial charge in [0, 0.05) is 31.6 Å². The Hall–Kier alpha value is -2.04. The molecule has 126 valence electrons. The third-order valence-electron chi connectivity index (χ3n) is 4.12. The Morgan fingerprint density at radius 1 is 1.22 bits per heavy atom. The fraction of sp³-hybridized carbons (Fsp3) is 0.556. The molecular formula is C18H26N2O3. The molecule has 1 saturated carbocycles. The second-order valence-corrected chi connectivity index (χ2v) is 5.90. The highest BCUT2D eigenvalue weighted by Gasteiger charge is 2.18. The fourth-order valence-corrected chi connectivity index (χ4v) is 2.94. The smallest absolute Gasteiger partial charge is 0.223 e. The number of nitrogens with one attached hydrogen (secondary N) is 1. The standard InChI is InChI=1S/C18H26N2O3/c1-3-23-17-10-8-16(9-11-17)20(14(2)21)13-12-18(22)19-15-6-4-5-7-15/h8-11,15H,3-7,12-13H2,1-2H3,(H,19,22). The molecular weight excluding hydrogens is 292 g/mol. The normalized spacial score (nSPS) is 14.5. The number of anilines is 1. The van der Waals surface area contributed by atoms with E-state index < -0.39 is 0 Å². The molecule has 0 heterocycles. The molecule has 0 aliphatic heterocycles. The lowest BCUT2D eigenvalue weighted by molar-refractivity contribution is -0.121. The van der Waals surface area contributed by atoms with Crippen molar-refractivity contribution in [3.05, 3.63) is 24.3 Å². The summed E-state index contributed by atoms with van der Waals surface area (Å²) in [7, 11) is 0. The van der Waals surface area contributed by atoms with Gasteiger partial charge in [0.05, 0.1) is 6.61 Å². The highest BCUT2D eigenvalue weighted by Crippen LogP contribution is 2.20. The molecule has 0 saturated heterocycles. The molecule has 1 aliphatic carbocycles. The van der Waals surface area contributed by atoms with E-state index >= 15 is 0 Å². The van der Waals surface area contributed by atoms with Crippen LogP contribution in [0, 0.1) is 0 Å². The van der Waals surface area contributed by atoms with E-state index in [-0.39, 0.29) is 11.8 Å². The van der Waals surface area contributed by atoms with Crippen molar-refractivity contribution >= 4 is 17.5 Å². The number of carbonyl (C=O) groups excluding carboxylic acids is 2. The molecule has 0 spiro atoms. The van der Waals surface area contributed by atoms with Crippen molar-refractivity contribution in [3.63, 3.8) is 0 Å². The highest BCUT2D eigenvalue weighted by molar-refractivity contribution is 5.92. The van der Waals surface area contributed by atoms with Gasteiger partial charge in [0.1, 0.15) is 5.75 Å². The molecule has 0 bridgehead atoms. The maximum Gasteiger partial charge on any atom is 0.223 e. The van der Waals surface area contributed by atoms with E-state index in [2.05, 4.69) is 5.32 Å². The molecule has 2 rings (SSSR count). The SMILES string of the molecule is CCOc1ccc(N(CCC(=O)NC2CCCC2)C(C)=O)cc1. The van der Waals surface area contributed by atoms with Crippen LogP contribution >= 0.6 is 0 Å². The monoisotopic (exact) mass is 318 g/mol. The fourth-order valence-electron chi connectivity index (χ4n) is 2.94. The summed E-state index contributed by atoms with van der Waals surface area (Å²) in [4.78, 5) is 25.5. The van der Waals surface area contributed by atoms with Crippen LogP contribution in [-0.2, 0) is 9.59 Å². The third kappa shape index (κ3) is 5.27. The van der Waals surface area contributed by atoms with Crippen LogP contribution < -0.4 is 15.0 Å². The average Bonchev–Trinajstić information content (AvgIpc) is 3.02. The predicted molar refractivity (Wildman–Crippen MR) is 90.7 cm³/mol. The molecule has 2 amide bonds. The lowest BCUT2D eigenvalue weighted by Crippen LogP contribution is -2.37. The average molecular weight is 318 g/mol. The number of nitrogens with zero attached hydrogens (tertiary/aromatic N) is 1. The van der Waals surface area contributed by atoms with Gasteiger partial charge in [0.15, 0.2) is 0 Å². The Morgan fingerprint density at radius 2 is 1.87 bits per heavy atom. The molecule has 0 unspecified atom stereocenters. The van der Waals surface area contributed by atoms with Crippen LogP contribution in [0.25, 0.3) is 0 Å². The minimum absolute atomic E-state index is 0.0223. The summed E-state index contributed by atoms with van der Waals surface area (Å²) in [6.07, 6.45) is 4.85. The van der Waals surface area contributed by atoms with Crippen molar-refractivity contribution in [1.82, 2.24) is 5.32 Å². The summed E-state index contributed by atoms with van der Waals surface area (Å²) in [5.74, 6) is 0.732. The van der Waals surface area contributed by atoms with Crippen LogP contribution in [0.1, 0.15) is 46.0 Å². The zero-order valence-corrected chi connectivity index (χ0v) is 14.0. The van der Waals surface area contributed by atoms with E-state index in [1.54, 1.807) is 4.90 Å². The van der Waals surface area contributed by atoms with Crippen LogP contribution in [0.15, 0.2) is 24.3 Å². The maximum absolute atomic E-state index is 12.0. The predicted octanol–water partition coefficient (Wildman–Crippen LogP) is 2.89. The van der Waals surface area contributed by atoms with Gasteiger partial charge in [-0.3, -0.25) is 9.59 Å². The first kappa shape index (κ1) is 17.3. The van der Waals surface area contributed by atoms with Crippen molar-refractivity contribution in [2.75, 3.05) is 18.1 Å². The second kappa shape index (κ2) is 8.56. The van der Waals surface area contributed by atoms with Gasteiger partial charge in [-0.15, -0.1) is 0 Å². The minimum Gasteiger partial charge on any atom is -0.494 e. The Bertz CT molecular complexity index is 522. The molecule has 0 aromatic heterocycles. The lowest BCUT2D eigenvalue weighted by atomic mass is 10.2. The largest absolute Gasteiger partial charge is 0.494 e. The van der Waals surface area contributed by atoms with Crippen LogP contribution in [-0.4, -0.2) is 31.0 Å². The van der Waals surface area contributed by atoms with Crippen molar-refractivity contribution in [3.8, 4) is 5.75 Å². The first-order chi connectivity index (χ1) is 11.1. The summed E-state index contributed by atoms with van der Waals surface area (Å²) >= 11 is 0. The van der Waals surface area contributed by atoms with Crippen LogP contribution in [0.3, 0.4) is 0 Å². The lowest BCUT2D eigenvalue weighted by Gasteiger charge is -2.22. The molecule has 1 aromatic carbocycles. The van der Waals surface area contributed by atoms with E-state index in [9.17, 15) is 9.59 Å². The van der Waals surface area contributed by atoms with E-state index in [4.69, 9.17) is 4.74 Å². The number of hydrogen-bond acceptors (Lipinski definition) is 3. The Labute approximate surface area is 138 Å². The summed E-state index contributed by atoms with van der Waals surface area (Å²) in [6.45, 7) is 4.45. The number of rotatable bonds is 7. The van der Waals surface area contributed by atoms with Gasteiger partial charge in [0.2, 0.25) is 11.8 Å². The summed E-state index contributed by atoms with van der Waals surface area (Å²) < 4.78 is 5.41. The number of benzene rings is 1. The van der Waals surface area contributed by atoms with Crippen molar-refractivity contribution < 1.29 is 14.3 Å². The molecule has 1 aromatic rings. The molecule has 0 radical (unpaired) electrons. The van der Waals surface area contributed by atoms with Gasteiger partial charge in [0.25, 0.3) is 0 Å². The highest BCUT2D eigenvalue weighted by atomic mass is 16.5. The first-order valence-corrected chi connectivity index (χ1v) is 8.40. The van der Waals surface area contributed by atoms with Gasteiger partial charge in [-0.25, -0.2) is 0 Å². The zero-order valence-electron chi connectivity index (χ0n) is 14.0. The molecule has 1 N–H and O–H groups in total. The number of amides is 2. The maximum atomic E-state index is 12.0. The summed E-state index contributed by atoms with van der Waals surface area (Å²) in [5.41, 5.74) is 0.787. The third-order valence-corrected chi connectivity index (χ3v) is 4.12. The van der Waals surface area contributed by atoms with Gasteiger partial charge < -0.3 is 15.0 Å². The molecule has 5 heteroatoms. The number of hydrogen-bond donors (Lipinski definition) is 1. The van der Waals surface area contributed by atoms with Crippen molar-refractivity contribution in [2.45, 2.75) is 52.0 Å². The molecule has 23 heavy (non-hydrogen) atoms.